The van der Waals surface area contributed by atoms with E-state index in [0.717, 1.165) is 0 Å². The fourth-order valence-corrected chi connectivity index (χ4v) is 1.59. The van der Waals surface area contributed by atoms with Crippen LogP contribution in [0.4, 0.5) is 0 Å². The van der Waals surface area contributed by atoms with Crippen molar-refractivity contribution in [3.05, 3.63) is 0 Å². The van der Waals surface area contributed by atoms with Gasteiger partial charge in [0.1, 0.15) is 0 Å². The van der Waals surface area contributed by atoms with Crippen molar-refractivity contribution in [3.8, 4) is 0 Å². The van der Waals surface area contributed by atoms with Gasteiger partial charge in [0.2, 0.25) is 0 Å². The average Bonchev–Trinajstić information content (AvgIpc) is 2.54. The smallest absolute Gasteiger partial charge is 0.261 e. The molecule has 1 fully saturated rings. The molecule has 0 aromatic carbocycles. The molecule has 0 unspecified atom stereocenters. The van der Waals surface area contributed by atoms with Gasteiger partial charge in [-0.05, 0) is 38.9 Å². The average molecular weight is 237 g/mol. The van der Waals surface area contributed by atoms with E-state index >= 15 is 0 Å². The summed E-state index contributed by atoms with van der Waals surface area (Å²) < 4.78 is 25.9. The number of hydrogen-bond acceptors (Lipinski definition) is 3. The Kier molecular flexibility index (Phi) is 8.00. The lowest BCUT2D eigenvalue weighted by atomic mass is 10.2. The Hall–Kier alpha value is -0.130. The number of rotatable bonds is 4. The van der Waals surface area contributed by atoms with E-state index in [0.29, 0.717) is 6.26 Å². The van der Waals surface area contributed by atoms with Crippen LogP contribution < -0.4 is 0 Å². The molecule has 0 bridgehead atoms. The molecule has 0 radical (unpaired) electrons. The molecule has 0 saturated carbocycles. The lowest BCUT2D eigenvalue weighted by Crippen LogP contribution is -2.20. The molecule has 0 spiro atoms. The summed E-state index contributed by atoms with van der Waals surface area (Å²) >= 11 is 0. The zero-order chi connectivity index (χ0) is 11.7. The zero-order valence-electron chi connectivity index (χ0n) is 9.78. The highest BCUT2D eigenvalue weighted by Gasteiger charge is 2.09. The summed E-state index contributed by atoms with van der Waals surface area (Å²) in [7, 11) is -3.67. The van der Waals surface area contributed by atoms with Gasteiger partial charge in [-0.15, -0.1) is 0 Å². The first-order chi connectivity index (χ1) is 6.93. The van der Waals surface area contributed by atoms with Crippen molar-refractivity contribution in [1.29, 1.82) is 0 Å². The fourth-order valence-electron chi connectivity index (χ4n) is 1.59. The van der Waals surface area contributed by atoms with Gasteiger partial charge in [-0.1, -0.05) is 19.8 Å². The molecule has 1 heterocycles. The Labute approximate surface area is 93.4 Å². The summed E-state index contributed by atoms with van der Waals surface area (Å²) in [5.74, 6) is 0. The van der Waals surface area contributed by atoms with E-state index < -0.39 is 10.1 Å². The van der Waals surface area contributed by atoms with Crippen molar-refractivity contribution < 1.29 is 13.0 Å². The molecule has 0 amide bonds. The molecule has 1 saturated heterocycles. The molecule has 0 aliphatic carbocycles. The topological polar surface area (TPSA) is 57.6 Å². The van der Waals surface area contributed by atoms with Crippen molar-refractivity contribution in [2.45, 2.75) is 39.0 Å². The van der Waals surface area contributed by atoms with E-state index in [1.165, 1.54) is 51.7 Å². The summed E-state index contributed by atoms with van der Waals surface area (Å²) in [6.07, 6.45) is 7.77. The third-order valence-electron chi connectivity index (χ3n) is 2.28. The van der Waals surface area contributed by atoms with Crippen molar-refractivity contribution in [2.24, 2.45) is 0 Å². The lowest BCUT2D eigenvalue weighted by Gasteiger charge is -2.12. The van der Waals surface area contributed by atoms with Crippen LogP contribution in [0.1, 0.15) is 39.0 Å². The van der Waals surface area contributed by atoms with Gasteiger partial charge < -0.3 is 4.90 Å². The Bertz CT molecular complexity index is 225. The van der Waals surface area contributed by atoms with Gasteiger partial charge in [-0.25, -0.2) is 0 Å². The molecular formula is C10H23NO3S. The standard InChI is InChI=1S/C9H19N.CH4O3S/c1-2-3-4-7-10-8-5-6-9-10;1-5(2,3)4/h2-9H2,1H3;1H3,(H,2,3,4). The first-order valence-electron chi connectivity index (χ1n) is 5.58. The Balaban J connectivity index is 0.000000336. The second-order valence-electron chi connectivity index (χ2n) is 3.99. The van der Waals surface area contributed by atoms with Crippen LogP contribution in [0.15, 0.2) is 0 Å². The molecule has 0 aromatic rings. The molecule has 5 heteroatoms. The molecule has 0 atom stereocenters. The van der Waals surface area contributed by atoms with Gasteiger partial charge in [0.05, 0.1) is 6.26 Å². The largest absolute Gasteiger partial charge is 0.303 e. The minimum atomic E-state index is -3.67. The molecule has 1 aliphatic rings. The quantitative estimate of drug-likeness (QED) is 0.598. The molecule has 0 aromatic heterocycles. The Morgan fingerprint density at radius 1 is 1.20 bits per heavy atom. The molecular weight excluding hydrogens is 214 g/mol. The van der Waals surface area contributed by atoms with Crippen molar-refractivity contribution in [2.75, 3.05) is 25.9 Å². The SMILES string of the molecule is CCCCCN1CCCC1.CS(=O)(=O)O. The minimum absolute atomic E-state index is 0.715. The normalized spacial score (nSPS) is 17.3. The maximum absolute atomic E-state index is 9.19. The van der Waals surface area contributed by atoms with Gasteiger partial charge in [-0.2, -0.15) is 8.42 Å². The van der Waals surface area contributed by atoms with Crippen LogP contribution in [0.5, 0.6) is 0 Å². The first-order valence-corrected chi connectivity index (χ1v) is 7.43. The highest BCUT2D eigenvalue weighted by Crippen LogP contribution is 2.08. The van der Waals surface area contributed by atoms with Crippen molar-refractivity contribution in [1.82, 2.24) is 4.90 Å². The van der Waals surface area contributed by atoms with Gasteiger partial charge in [-0.3, -0.25) is 4.55 Å². The van der Waals surface area contributed by atoms with E-state index in [1.807, 2.05) is 0 Å². The van der Waals surface area contributed by atoms with E-state index in [2.05, 4.69) is 11.8 Å². The van der Waals surface area contributed by atoms with Crippen LogP contribution in [0.2, 0.25) is 0 Å². The predicted octanol–water partition coefficient (Wildman–Crippen LogP) is 1.78. The lowest BCUT2D eigenvalue weighted by molar-refractivity contribution is 0.329. The van der Waals surface area contributed by atoms with Crippen LogP contribution in [-0.4, -0.2) is 43.8 Å². The van der Waals surface area contributed by atoms with Crippen molar-refractivity contribution in [3.63, 3.8) is 0 Å². The first kappa shape index (κ1) is 14.9. The third kappa shape index (κ3) is 13.9. The maximum Gasteiger partial charge on any atom is 0.261 e. The van der Waals surface area contributed by atoms with Gasteiger partial charge >= 0.3 is 0 Å². The molecule has 4 nitrogen and oxygen atoms in total. The fraction of sp³-hybridized carbons (Fsp3) is 1.00. The number of likely N-dealkylation sites (tertiary alicyclic amines) is 1. The van der Waals surface area contributed by atoms with E-state index in [4.69, 9.17) is 4.55 Å². The van der Waals surface area contributed by atoms with Gasteiger partial charge in [0.25, 0.3) is 10.1 Å². The Morgan fingerprint density at radius 2 is 1.67 bits per heavy atom. The molecule has 1 N–H and O–H groups in total. The summed E-state index contributed by atoms with van der Waals surface area (Å²) in [5, 5.41) is 0. The van der Waals surface area contributed by atoms with E-state index in [1.54, 1.807) is 0 Å². The van der Waals surface area contributed by atoms with Gasteiger partial charge in [0.15, 0.2) is 0 Å². The summed E-state index contributed by atoms with van der Waals surface area (Å²) in [4.78, 5) is 2.59. The van der Waals surface area contributed by atoms with Crippen LogP contribution >= 0.6 is 0 Å². The minimum Gasteiger partial charge on any atom is -0.303 e. The molecule has 92 valence electrons. The Morgan fingerprint density at radius 3 is 2.07 bits per heavy atom. The van der Waals surface area contributed by atoms with Crippen LogP contribution in [0.25, 0.3) is 0 Å². The van der Waals surface area contributed by atoms with Crippen LogP contribution in [0, 0.1) is 0 Å². The number of nitrogens with zero attached hydrogens (tertiary/aromatic N) is 1. The highest BCUT2D eigenvalue weighted by atomic mass is 32.2. The summed E-state index contributed by atoms with van der Waals surface area (Å²) in [5.41, 5.74) is 0. The van der Waals surface area contributed by atoms with Crippen LogP contribution in [0.3, 0.4) is 0 Å². The molecule has 15 heavy (non-hydrogen) atoms. The zero-order valence-corrected chi connectivity index (χ0v) is 10.6. The number of hydrogen-bond donors (Lipinski definition) is 1. The molecule has 1 aliphatic heterocycles. The second-order valence-corrected chi connectivity index (χ2v) is 5.45. The third-order valence-corrected chi connectivity index (χ3v) is 2.28. The monoisotopic (exact) mass is 237 g/mol. The second kappa shape index (κ2) is 8.07. The maximum atomic E-state index is 9.19. The summed E-state index contributed by atoms with van der Waals surface area (Å²) in [6, 6.07) is 0. The highest BCUT2D eigenvalue weighted by molar-refractivity contribution is 7.85. The van der Waals surface area contributed by atoms with Crippen LogP contribution in [-0.2, 0) is 10.1 Å². The molecule has 1 rings (SSSR count). The van der Waals surface area contributed by atoms with Crippen molar-refractivity contribution >= 4 is 10.1 Å². The number of unbranched alkanes of at least 4 members (excludes halogenated alkanes) is 2. The van der Waals surface area contributed by atoms with E-state index in [-0.39, 0.29) is 0 Å². The van der Waals surface area contributed by atoms with Gasteiger partial charge in [0, 0.05) is 0 Å². The summed E-state index contributed by atoms with van der Waals surface area (Å²) in [6.45, 7) is 6.35. The van der Waals surface area contributed by atoms with E-state index in [9.17, 15) is 8.42 Å². The predicted molar refractivity (Wildman–Crippen MR) is 62.7 cm³/mol.